The number of halogens is 1. The maximum Gasteiger partial charge on any atom is 0.199 e. The van der Waals surface area contributed by atoms with Crippen LogP contribution in [-0.2, 0) is 4.74 Å². The third kappa shape index (κ3) is 3.19. The second kappa shape index (κ2) is 5.63. The van der Waals surface area contributed by atoms with Crippen molar-refractivity contribution in [3.63, 3.8) is 0 Å². The van der Waals surface area contributed by atoms with E-state index < -0.39 is 0 Å². The summed E-state index contributed by atoms with van der Waals surface area (Å²) in [5.41, 5.74) is 0. The Morgan fingerprint density at radius 3 is 2.93 bits per heavy atom. The third-order valence-electron chi connectivity index (χ3n) is 1.94. The molecule has 0 spiro atoms. The molecule has 0 fully saturated rings. The topological polar surface area (TPSA) is 26.3 Å². The number of Topliss-reactive ketones (excluding diaryl/α,β-unsaturated/α-hetero) is 1. The Morgan fingerprint density at radius 1 is 1.71 bits per heavy atom. The van der Waals surface area contributed by atoms with Gasteiger partial charge in [-0.1, -0.05) is 6.92 Å². The van der Waals surface area contributed by atoms with Gasteiger partial charge in [-0.2, -0.15) is 0 Å². The number of rotatable bonds is 5. The minimum atomic E-state index is 0.0483. The Labute approximate surface area is 96.4 Å². The van der Waals surface area contributed by atoms with Crippen LogP contribution in [0.25, 0.3) is 0 Å². The number of carbonyl (C=O) groups excluding carboxylic acids is 1. The van der Waals surface area contributed by atoms with E-state index >= 15 is 0 Å². The number of ether oxygens (including phenoxy) is 1. The lowest BCUT2D eigenvalue weighted by atomic mass is 10.3. The molecule has 1 aromatic rings. The standard InChI is InChI=1S/C10H13BrO2S/c1-3-7(2)13-6-9(12)10-8(11)4-5-14-10/h4-5,7H,3,6H2,1-2H3. The van der Waals surface area contributed by atoms with Crippen LogP contribution in [0.3, 0.4) is 0 Å². The molecule has 0 aromatic carbocycles. The Morgan fingerprint density at radius 2 is 2.43 bits per heavy atom. The summed E-state index contributed by atoms with van der Waals surface area (Å²) >= 11 is 4.77. The summed E-state index contributed by atoms with van der Waals surface area (Å²) < 4.78 is 6.23. The highest BCUT2D eigenvalue weighted by molar-refractivity contribution is 9.10. The predicted octanol–water partition coefficient (Wildman–Crippen LogP) is 3.51. The first kappa shape index (κ1) is 11.9. The van der Waals surface area contributed by atoms with E-state index in [0.717, 1.165) is 15.8 Å². The molecule has 0 aliphatic carbocycles. The fourth-order valence-corrected chi connectivity index (χ4v) is 2.41. The van der Waals surface area contributed by atoms with Gasteiger partial charge in [-0.15, -0.1) is 11.3 Å². The Balaban J connectivity index is 2.47. The molecule has 0 saturated carbocycles. The van der Waals surface area contributed by atoms with Gasteiger partial charge >= 0.3 is 0 Å². The van der Waals surface area contributed by atoms with Crippen LogP contribution in [-0.4, -0.2) is 18.5 Å². The number of hydrogen-bond acceptors (Lipinski definition) is 3. The second-order valence-corrected chi connectivity index (χ2v) is 4.82. The van der Waals surface area contributed by atoms with Crippen molar-refractivity contribution in [2.24, 2.45) is 0 Å². The van der Waals surface area contributed by atoms with Crippen LogP contribution < -0.4 is 0 Å². The molecule has 1 unspecified atom stereocenters. The van der Waals surface area contributed by atoms with Gasteiger partial charge < -0.3 is 4.74 Å². The maximum atomic E-state index is 11.6. The zero-order chi connectivity index (χ0) is 10.6. The largest absolute Gasteiger partial charge is 0.370 e. The summed E-state index contributed by atoms with van der Waals surface area (Å²) in [5, 5.41) is 1.89. The van der Waals surface area contributed by atoms with E-state index in [4.69, 9.17) is 4.74 Å². The lowest BCUT2D eigenvalue weighted by Gasteiger charge is -2.08. The summed E-state index contributed by atoms with van der Waals surface area (Å²) in [6.07, 6.45) is 1.08. The van der Waals surface area contributed by atoms with E-state index in [0.29, 0.717) is 0 Å². The molecule has 1 rings (SSSR count). The van der Waals surface area contributed by atoms with Crippen molar-refractivity contribution in [2.75, 3.05) is 6.61 Å². The molecule has 2 nitrogen and oxygen atoms in total. The molecule has 14 heavy (non-hydrogen) atoms. The van der Waals surface area contributed by atoms with Crippen LogP contribution in [0.15, 0.2) is 15.9 Å². The fraction of sp³-hybridized carbons (Fsp3) is 0.500. The summed E-state index contributed by atoms with van der Waals surface area (Å²) in [5.74, 6) is 0.0483. The molecule has 0 radical (unpaired) electrons. The summed E-state index contributed by atoms with van der Waals surface area (Å²) in [4.78, 5) is 12.3. The smallest absolute Gasteiger partial charge is 0.199 e. The average molecular weight is 277 g/mol. The van der Waals surface area contributed by atoms with Gasteiger partial charge in [0.1, 0.15) is 6.61 Å². The maximum absolute atomic E-state index is 11.6. The van der Waals surface area contributed by atoms with Crippen LogP contribution in [0.1, 0.15) is 29.9 Å². The van der Waals surface area contributed by atoms with Crippen LogP contribution in [0, 0.1) is 0 Å². The van der Waals surface area contributed by atoms with E-state index in [1.54, 1.807) is 0 Å². The third-order valence-corrected chi connectivity index (χ3v) is 3.82. The zero-order valence-electron chi connectivity index (χ0n) is 8.25. The number of ketones is 1. The van der Waals surface area contributed by atoms with Crippen molar-refractivity contribution in [1.82, 2.24) is 0 Å². The van der Waals surface area contributed by atoms with Gasteiger partial charge in [-0.05, 0) is 40.7 Å². The van der Waals surface area contributed by atoms with E-state index in [-0.39, 0.29) is 18.5 Å². The van der Waals surface area contributed by atoms with Gasteiger partial charge in [-0.25, -0.2) is 0 Å². The number of hydrogen-bond donors (Lipinski definition) is 0. The number of carbonyl (C=O) groups is 1. The highest BCUT2D eigenvalue weighted by atomic mass is 79.9. The molecule has 4 heteroatoms. The number of thiophene rings is 1. The van der Waals surface area contributed by atoms with E-state index in [9.17, 15) is 4.79 Å². The first-order chi connectivity index (χ1) is 6.65. The second-order valence-electron chi connectivity index (χ2n) is 3.05. The van der Waals surface area contributed by atoms with Crippen LogP contribution in [0.4, 0.5) is 0 Å². The highest BCUT2D eigenvalue weighted by Gasteiger charge is 2.12. The van der Waals surface area contributed by atoms with Gasteiger partial charge in [0.2, 0.25) is 0 Å². The van der Waals surface area contributed by atoms with Gasteiger partial charge in [0.05, 0.1) is 11.0 Å². The summed E-state index contributed by atoms with van der Waals surface area (Å²) in [7, 11) is 0. The molecule has 1 heterocycles. The fourth-order valence-electron chi connectivity index (χ4n) is 0.894. The first-order valence-corrected chi connectivity index (χ1v) is 6.20. The molecule has 0 aliphatic rings. The van der Waals surface area contributed by atoms with Gasteiger partial charge in [0.25, 0.3) is 0 Å². The monoisotopic (exact) mass is 276 g/mol. The minimum absolute atomic E-state index is 0.0483. The molecule has 0 aliphatic heterocycles. The Kier molecular flexibility index (Phi) is 4.78. The molecule has 1 aromatic heterocycles. The summed E-state index contributed by atoms with van der Waals surface area (Å²) in [6.45, 7) is 4.18. The van der Waals surface area contributed by atoms with Crippen LogP contribution in [0.5, 0.6) is 0 Å². The van der Waals surface area contributed by atoms with Crippen molar-refractivity contribution < 1.29 is 9.53 Å². The van der Waals surface area contributed by atoms with E-state index in [2.05, 4.69) is 15.9 Å². The minimum Gasteiger partial charge on any atom is -0.370 e. The van der Waals surface area contributed by atoms with Crippen LogP contribution in [0.2, 0.25) is 0 Å². The molecule has 0 bridgehead atoms. The molecule has 0 saturated heterocycles. The Hall–Kier alpha value is -0.190. The van der Waals surface area contributed by atoms with Gasteiger partial charge in [-0.3, -0.25) is 4.79 Å². The van der Waals surface area contributed by atoms with Crippen molar-refractivity contribution in [3.8, 4) is 0 Å². The molecule has 1 atom stereocenters. The van der Waals surface area contributed by atoms with Crippen molar-refractivity contribution in [3.05, 3.63) is 20.8 Å². The summed E-state index contributed by atoms with van der Waals surface area (Å²) in [6, 6.07) is 1.88. The molecular formula is C10H13BrO2S. The van der Waals surface area contributed by atoms with E-state index in [1.165, 1.54) is 11.3 Å². The normalized spacial score (nSPS) is 12.8. The van der Waals surface area contributed by atoms with Crippen molar-refractivity contribution >= 4 is 33.0 Å². The zero-order valence-corrected chi connectivity index (χ0v) is 10.7. The van der Waals surface area contributed by atoms with Gasteiger partial charge in [0, 0.05) is 4.47 Å². The average Bonchev–Trinajstić information content (AvgIpc) is 2.60. The highest BCUT2D eigenvalue weighted by Crippen LogP contribution is 2.23. The van der Waals surface area contributed by atoms with Gasteiger partial charge in [0.15, 0.2) is 5.78 Å². The van der Waals surface area contributed by atoms with Crippen molar-refractivity contribution in [1.29, 1.82) is 0 Å². The molecular weight excluding hydrogens is 264 g/mol. The molecule has 0 amide bonds. The first-order valence-electron chi connectivity index (χ1n) is 4.53. The van der Waals surface area contributed by atoms with E-state index in [1.807, 2.05) is 25.3 Å². The van der Waals surface area contributed by atoms with Crippen LogP contribution >= 0.6 is 27.3 Å². The molecule has 78 valence electrons. The predicted molar refractivity (Wildman–Crippen MR) is 62.1 cm³/mol. The Bertz CT molecular complexity index is 309. The lowest BCUT2D eigenvalue weighted by molar-refractivity contribution is 0.0514. The van der Waals surface area contributed by atoms with Crippen molar-refractivity contribution in [2.45, 2.75) is 26.4 Å². The SMILES string of the molecule is CCC(C)OCC(=O)c1sccc1Br. The quantitative estimate of drug-likeness (QED) is 0.770. The molecule has 0 N–H and O–H groups in total. The lowest BCUT2D eigenvalue weighted by Crippen LogP contribution is -2.14.